The van der Waals surface area contributed by atoms with Crippen LogP contribution in [0, 0.1) is 10.1 Å². The molecule has 0 unspecified atom stereocenters. The minimum Gasteiger partial charge on any atom is -0.358 e. The lowest BCUT2D eigenvalue weighted by atomic mass is 10.5. The van der Waals surface area contributed by atoms with Gasteiger partial charge in [0.1, 0.15) is 4.90 Å². The molecule has 1 N–H and O–H groups in total. The lowest BCUT2D eigenvalue weighted by molar-refractivity contribution is -0.389. The van der Waals surface area contributed by atoms with Crippen LogP contribution in [-0.2, 0) is 10.0 Å². The number of azide groups is 1. The van der Waals surface area contributed by atoms with E-state index in [4.69, 9.17) is 5.53 Å². The molecular weight excluding hydrogens is 264 g/mol. The maximum Gasteiger partial charge on any atom is 0.363 e. The topological polar surface area (TPSA) is 151 Å². The highest BCUT2D eigenvalue weighted by Gasteiger charge is 2.17. The molecule has 0 atom stereocenters. The van der Waals surface area contributed by atoms with Gasteiger partial charge in [0.15, 0.2) is 6.20 Å². The molecule has 0 aliphatic rings. The van der Waals surface area contributed by atoms with Gasteiger partial charge in [0.25, 0.3) is 0 Å². The third-order valence-electron chi connectivity index (χ3n) is 1.79. The molecule has 10 nitrogen and oxygen atoms in total. The van der Waals surface area contributed by atoms with Gasteiger partial charge in [-0.1, -0.05) is 5.11 Å². The molecule has 0 saturated carbocycles. The van der Waals surface area contributed by atoms with Gasteiger partial charge in [-0.15, -0.1) is 0 Å². The van der Waals surface area contributed by atoms with Crippen LogP contribution in [0.3, 0.4) is 0 Å². The van der Waals surface area contributed by atoms with Crippen molar-refractivity contribution >= 4 is 15.8 Å². The first-order valence-corrected chi connectivity index (χ1v) is 6.06. The third-order valence-corrected chi connectivity index (χ3v) is 3.23. The number of sulfonamides is 1. The molecular formula is C7H8N6O4S. The third kappa shape index (κ3) is 3.66. The first-order valence-electron chi connectivity index (χ1n) is 4.58. The van der Waals surface area contributed by atoms with E-state index in [2.05, 4.69) is 19.7 Å². The van der Waals surface area contributed by atoms with Gasteiger partial charge in [-0.05, 0) is 21.5 Å². The monoisotopic (exact) mass is 272 g/mol. The molecule has 0 bridgehead atoms. The molecule has 0 aliphatic heterocycles. The molecule has 0 aromatic carbocycles. The Morgan fingerprint density at radius 2 is 2.28 bits per heavy atom. The predicted octanol–water partition coefficient (Wildman–Crippen LogP) is 0.578. The summed E-state index contributed by atoms with van der Waals surface area (Å²) in [4.78, 5) is 15.3. The van der Waals surface area contributed by atoms with Gasteiger partial charge in [0.2, 0.25) is 10.0 Å². The van der Waals surface area contributed by atoms with Crippen LogP contribution in [-0.4, -0.2) is 31.4 Å². The van der Waals surface area contributed by atoms with E-state index in [0.29, 0.717) is 0 Å². The van der Waals surface area contributed by atoms with Crippen molar-refractivity contribution in [3.8, 4) is 0 Å². The molecule has 1 aromatic rings. The Morgan fingerprint density at radius 3 is 2.78 bits per heavy atom. The fraction of sp³-hybridized carbons (Fsp3) is 0.286. The second kappa shape index (κ2) is 5.91. The standard InChI is InChI=1S/C7H8N6O4S/c8-12-10-3-4-11-18(16,17)6-1-2-7(9-5-6)13(14)15/h1-2,5,11H,3-4H2. The van der Waals surface area contributed by atoms with Crippen molar-refractivity contribution in [2.45, 2.75) is 4.90 Å². The maximum absolute atomic E-state index is 11.6. The molecule has 1 heterocycles. The predicted molar refractivity (Wildman–Crippen MR) is 60.1 cm³/mol. The summed E-state index contributed by atoms with van der Waals surface area (Å²) in [5.41, 5.74) is 8.00. The highest BCUT2D eigenvalue weighted by atomic mass is 32.2. The number of nitrogens with one attached hydrogen (secondary N) is 1. The minimum atomic E-state index is -3.80. The van der Waals surface area contributed by atoms with Crippen molar-refractivity contribution in [2.75, 3.05) is 13.1 Å². The SMILES string of the molecule is [N-]=[N+]=NCCNS(=O)(=O)c1ccc([N+](=O)[O-])nc1. The maximum atomic E-state index is 11.6. The van der Waals surface area contributed by atoms with E-state index in [0.717, 1.165) is 18.3 Å². The molecule has 11 heteroatoms. The van der Waals surface area contributed by atoms with Gasteiger partial charge in [0, 0.05) is 24.1 Å². The second-order valence-electron chi connectivity index (χ2n) is 2.96. The molecule has 1 aromatic heterocycles. The van der Waals surface area contributed by atoms with E-state index in [-0.39, 0.29) is 18.0 Å². The van der Waals surface area contributed by atoms with Crippen LogP contribution >= 0.6 is 0 Å². The Hall–Kier alpha value is -2.23. The Morgan fingerprint density at radius 1 is 1.56 bits per heavy atom. The van der Waals surface area contributed by atoms with Crippen LogP contribution in [0.4, 0.5) is 5.82 Å². The van der Waals surface area contributed by atoms with Crippen molar-refractivity contribution in [3.05, 3.63) is 38.9 Å². The molecule has 0 spiro atoms. The summed E-state index contributed by atoms with van der Waals surface area (Å²) in [5, 5.41) is 13.5. The average Bonchev–Trinajstić information content (AvgIpc) is 2.35. The number of hydrogen-bond acceptors (Lipinski definition) is 6. The lowest BCUT2D eigenvalue weighted by Crippen LogP contribution is -2.26. The fourth-order valence-electron chi connectivity index (χ4n) is 0.998. The normalized spacial score (nSPS) is 10.7. The van der Waals surface area contributed by atoms with Crippen molar-refractivity contribution in [1.29, 1.82) is 0 Å². The number of pyridine rings is 1. The van der Waals surface area contributed by atoms with Gasteiger partial charge >= 0.3 is 5.82 Å². The molecule has 0 radical (unpaired) electrons. The summed E-state index contributed by atoms with van der Waals surface area (Å²) < 4.78 is 25.4. The first kappa shape index (κ1) is 13.8. The van der Waals surface area contributed by atoms with Gasteiger partial charge in [-0.25, -0.2) is 13.1 Å². The Labute approximate surface area is 101 Å². The van der Waals surface area contributed by atoms with Crippen LogP contribution in [0.5, 0.6) is 0 Å². The largest absolute Gasteiger partial charge is 0.363 e. The van der Waals surface area contributed by atoms with Gasteiger partial charge in [-0.2, -0.15) is 0 Å². The van der Waals surface area contributed by atoms with E-state index in [1.807, 2.05) is 0 Å². The second-order valence-corrected chi connectivity index (χ2v) is 4.73. The Bertz CT molecular complexity index is 576. The van der Waals surface area contributed by atoms with Gasteiger partial charge in [0.05, 0.1) is 0 Å². The van der Waals surface area contributed by atoms with Crippen molar-refractivity contribution in [3.63, 3.8) is 0 Å². The van der Waals surface area contributed by atoms with E-state index in [9.17, 15) is 18.5 Å². The zero-order valence-electron chi connectivity index (χ0n) is 8.92. The first-order chi connectivity index (χ1) is 8.47. The van der Waals surface area contributed by atoms with E-state index in [1.54, 1.807) is 0 Å². The number of nitro groups is 1. The van der Waals surface area contributed by atoms with Crippen LogP contribution < -0.4 is 4.72 Å². The van der Waals surface area contributed by atoms with Gasteiger partial charge < -0.3 is 10.1 Å². The van der Waals surface area contributed by atoms with Crippen molar-refractivity contribution in [2.24, 2.45) is 5.11 Å². The van der Waals surface area contributed by atoms with E-state index < -0.39 is 20.8 Å². The quantitative estimate of drug-likeness (QED) is 0.200. The van der Waals surface area contributed by atoms with Crippen LogP contribution in [0.25, 0.3) is 10.4 Å². The minimum absolute atomic E-state index is 0.0316. The zero-order valence-corrected chi connectivity index (χ0v) is 9.74. The molecule has 0 amide bonds. The van der Waals surface area contributed by atoms with Crippen LogP contribution in [0.15, 0.2) is 28.3 Å². The smallest absolute Gasteiger partial charge is 0.358 e. The Kier molecular flexibility index (Phi) is 4.54. The van der Waals surface area contributed by atoms with Gasteiger partial charge in [-0.3, -0.25) is 0 Å². The zero-order chi connectivity index (χ0) is 13.6. The number of aromatic nitrogens is 1. The van der Waals surface area contributed by atoms with Crippen LogP contribution in [0.2, 0.25) is 0 Å². The number of rotatable bonds is 6. The number of nitrogens with zero attached hydrogens (tertiary/aromatic N) is 5. The summed E-state index contributed by atoms with van der Waals surface area (Å²) >= 11 is 0. The summed E-state index contributed by atoms with van der Waals surface area (Å²) in [6.07, 6.45) is 0.883. The molecule has 18 heavy (non-hydrogen) atoms. The summed E-state index contributed by atoms with van der Waals surface area (Å²) in [6.45, 7) is -0.0977. The van der Waals surface area contributed by atoms with E-state index >= 15 is 0 Å². The molecule has 96 valence electrons. The highest BCUT2D eigenvalue weighted by molar-refractivity contribution is 7.89. The van der Waals surface area contributed by atoms with Crippen molar-refractivity contribution in [1.82, 2.24) is 9.71 Å². The average molecular weight is 272 g/mol. The molecule has 1 rings (SSSR count). The summed E-state index contributed by atoms with van der Waals surface area (Å²) in [6, 6.07) is 2.06. The highest BCUT2D eigenvalue weighted by Crippen LogP contribution is 2.11. The fourth-order valence-corrected chi connectivity index (χ4v) is 1.96. The lowest BCUT2D eigenvalue weighted by Gasteiger charge is -2.03. The molecule has 0 aliphatic carbocycles. The summed E-state index contributed by atoms with van der Waals surface area (Å²) in [5.74, 6) is -0.442. The van der Waals surface area contributed by atoms with E-state index in [1.165, 1.54) is 0 Å². The Balaban J connectivity index is 2.78. The molecule has 0 saturated heterocycles. The van der Waals surface area contributed by atoms with Crippen molar-refractivity contribution < 1.29 is 13.3 Å². The summed E-state index contributed by atoms with van der Waals surface area (Å²) in [7, 11) is -3.80. The van der Waals surface area contributed by atoms with Crippen LogP contribution in [0.1, 0.15) is 0 Å². The number of hydrogen-bond donors (Lipinski definition) is 1. The molecule has 0 fully saturated rings.